The Labute approximate surface area is 147 Å². The predicted molar refractivity (Wildman–Crippen MR) is 89.3 cm³/mol. The van der Waals surface area contributed by atoms with Gasteiger partial charge in [-0.05, 0) is 17.7 Å². The van der Waals surface area contributed by atoms with Crippen molar-refractivity contribution in [2.24, 2.45) is 5.92 Å². The lowest BCUT2D eigenvalue weighted by molar-refractivity contribution is -0.128. The van der Waals surface area contributed by atoms with Crippen LogP contribution in [0.3, 0.4) is 0 Å². The Morgan fingerprint density at radius 1 is 1.48 bits per heavy atom. The number of halogens is 1. The summed E-state index contributed by atoms with van der Waals surface area (Å²) in [5.41, 5.74) is 0.589. The molecule has 3 rings (SSSR count). The summed E-state index contributed by atoms with van der Waals surface area (Å²) in [7, 11) is 3.16. The molecule has 2 amide bonds. The van der Waals surface area contributed by atoms with Crippen LogP contribution < -0.4 is 5.32 Å². The number of rotatable bonds is 5. The number of hydrogen-bond acceptors (Lipinski definition) is 6. The quantitative estimate of drug-likeness (QED) is 0.877. The highest BCUT2D eigenvalue weighted by molar-refractivity contribution is 7.15. The van der Waals surface area contributed by atoms with Crippen LogP contribution in [0.5, 0.6) is 0 Å². The molecule has 2 heterocycles. The van der Waals surface area contributed by atoms with E-state index in [0.717, 1.165) is 0 Å². The van der Waals surface area contributed by atoms with E-state index in [9.17, 15) is 14.0 Å². The molecule has 2 atom stereocenters. The van der Waals surface area contributed by atoms with Crippen molar-refractivity contribution in [3.8, 4) is 0 Å². The summed E-state index contributed by atoms with van der Waals surface area (Å²) in [6.07, 6.45) is 0.0627. The van der Waals surface area contributed by atoms with E-state index in [1.54, 1.807) is 26.3 Å². The van der Waals surface area contributed by atoms with Crippen molar-refractivity contribution in [2.75, 3.05) is 19.5 Å². The van der Waals surface area contributed by atoms with Crippen LogP contribution in [-0.2, 0) is 20.9 Å². The maximum atomic E-state index is 13.6. The lowest BCUT2D eigenvalue weighted by Crippen LogP contribution is -2.30. The Balaban J connectivity index is 1.80. The van der Waals surface area contributed by atoms with Crippen LogP contribution in [0.15, 0.2) is 24.3 Å². The van der Waals surface area contributed by atoms with Gasteiger partial charge in [0.1, 0.15) is 17.4 Å². The Kier molecular flexibility index (Phi) is 5.05. The summed E-state index contributed by atoms with van der Waals surface area (Å²) in [6.45, 7) is 0.310. The number of carbonyl (C=O) groups is 2. The molecule has 1 aliphatic rings. The second kappa shape index (κ2) is 7.24. The van der Waals surface area contributed by atoms with E-state index in [1.807, 2.05) is 0 Å². The van der Waals surface area contributed by atoms with E-state index >= 15 is 0 Å². The predicted octanol–water partition coefficient (Wildman–Crippen LogP) is 1.98. The summed E-state index contributed by atoms with van der Waals surface area (Å²) in [5.74, 6) is -1.54. The molecule has 1 fully saturated rings. The summed E-state index contributed by atoms with van der Waals surface area (Å²) in [5, 5.41) is 11.5. The van der Waals surface area contributed by atoms with Gasteiger partial charge >= 0.3 is 0 Å². The van der Waals surface area contributed by atoms with E-state index in [1.165, 1.54) is 28.4 Å². The van der Waals surface area contributed by atoms with Crippen LogP contribution in [0.1, 0.15) is 23.0 Å². The third kappa shape index (κ3) is 3.67. The van der Waals surface area contributed by atoms with Crippen molar-refractivity contribution in [1.29, 1.82) is 0 Å². The summed E-state index contributed by atoms with van der Waals surface area (Å²) >= 11 is 1.21. The molecule has 1 aromatic carbocycles. The number of ether oxygens (including phenoxy) is 1. The monoisotopic (exact) mass is 364 g/mol. The standard InChI is InChI=1S/C16H17FN4O3S/c1-21-13(22)7-11(14(21)9-4-3-5-10(17)6-9)15(23)18-16-20-19-12(25-16)8-24-2/h3-6,11,14H,7-8H2,1-2H3,(H,18,20,23)/t11-,14+/m0/s1. The molecular formula is C16H17FN4O3S. The number of nitrogens with zero attached hydrogens (tertiary/aromatic N) is 3. The number of nitrogens with one attached hydrogen (secondary N) is 1. The Morgan fingerprint density at radius 3 is 3.00 bits per heavy atom. The molecule has 132 valence electrons. The molecular weight excluding hydrogens is 347 g/mol. The van der Waals surface area contributed by atoms with Crippen LogP contribution in [0, 0.1) is 11.7 Å². The minimum absolute atomic E-state index is 0.0627. The van der Waals surface area contributed by atoms with Gasteiger partial charge in [-0.15, -0.1) is 10.2 Å². The van der Waals surface area contributed by atoms with Crippen molar-refractivity contribution < 1.29 is 18.7 Å². The maximum absolute atomic E-state index is 13.6. The molecule has 0 spiro atoms. The molecule has 2 aromatic rings. The highest BCUT2D eigenvalue weighted by Crippen LogP contribution is 2.38. The number of aromatic nitrogens is 2. The lowest BCUT2D eigenvalue weighted by Gasteiger charge is -2.24. The first kappa shape index (κ1) is 17.4. The largest absolute Gasteiger partial charge is 0.377 e. The maximum Gasteiger partial charge on any atom is 0.232 e. The van der Waals surface area contributed by atoms with E-state index in [-0.39, 0.29) is 18.2 Å². The van der Waals surface area contributed by atoms with Gasteiger partial charge in [-0.1, -0.05) is 23.5 Å². The number of anilines is 1. The van der Waals surface area contributed by atoms with Gasteiger partial charge in [0.25, 0.3) is 0 Å². The molecule has 7 nitrogen and oxygen atoms in total. The fraction of sp³-hybridized carbons (Fsp3) is 0.375. The van der Waals surface area contributed by atoms with Gasteiger partial charge in [-0.3, -0.25) is 9.59 Å². The van der Waals surface area contributed by atoms with Crippen LogP contribution in [0.2, 0.25) is 0 Å². The van der Waals surface area contributed by atoms with Crippen molar-refractivity contribution in [2.45, 2.75) is 19.1 Å². The van der Waals surface area contributed by atoms with Crippen molar-refractivity contribution in [1.82, 2.24) is 15.1 Å². The zero-order valence-electron chi connectivity index (χ0n) is 13.7. The van der Waals surface area contributed by atoms with Crippen molar-refractivity contribution in [3.63, 3.8) is 0 Å². The van der Waals surface area contributed by atoms with E-state index in [0.29, 0.717) is 22.3 Å². The Hall–Kier alpha value is -2.39. The minimum Gasteiger partial charge on any atom is -0.377 e. The molecule has 1 N–H and O–H groups in total. The Morgan fingerprint density at radius 2 is 2.28 bits per heavy atom. The van der Waals surface area contributed by atoms with Crippen LogP contribution in [-0.4, -0.2) is 41.1 Å². The molecule has 1 aromatic heterocycles. The zero-order valence-corrected chi connectivity index (χ0v) is 14.5. The molecule has 0 saturated carbocycles. The topological polar surface area (TPSA) is 84.4 Å². The second-order valence-electron chi connectivity index (χ2n) is 5.74. The molecule has 0 unspecified atom stereocenters. The number of methoxy groups -OCH3 is 1. The van der Waals surface area contributed by atoms with Gasteiger partial charge in [0.2, 0.25) is 16.9 Å². The molecule has 0 bridgehead atoms. The second-order valence-corrected chi connectivity index (χ2v) is 6.80. The average Bonchev–Trinajstić information content (AvgIpc) is 3.13. The normalized spacial score (nSPS) is 20.1. The van der Waals surface area contributed by atoms with Gasteiger partial charge in [-0.25, -0.2) is 4.39 Å². The van der Waals surface area contributed by atoms with E-state index in [2.05, 4.69) is 15.5 Å². The number of benzene rings is 1. The van der Waals surface area contributed by atoms with E-state index in [4.69, 9.17) is 4.74 Å². The van der Waals surface area contributed by atoms with E-state index < -0.39 is 17.8 Å². The van der Waals surface area contributed by atoms with Crippen molar-refractivity contribution >= 4 is 28.3 Å². The van der Waals surface area contributed by atoms with Crippen LogP contribution >= 0.6 is 11.3 Å². The number of hydrogen-bond donors (Lipinski definition) is 1. The van der Waals surface area contributed by atoms with Crippen LogP contribution in [0.4, 0.5) is 9.52 Å². The van der Waals surface area contributed by atoms with Crippen molar-refractivity contribution in [3.05, 3.63) is 40.7 Å². The molecule has 9 heteroatoms. The minimum atomic E-state index is -0.630. The fourth-order valence-electron chi connectivity index (χ4n) is 2.94. The number of carbonyl (C=O) groups excluding carboxylic acids is 2. The molecule has 1 saturated heterocycles. The van der Waals surface area contributed by atoms with Gasteiger partial charge in [0, 0.05) is 20.6 Å². The fourth-order valence-corrected chi connectivity index (χ4v) is 3.65. The zero-order chi connectivity index (χ0) is 18.0. The first-order valence-electron chi connectivity index (χ1n) is 7.63. The third-order valence-corrected chi connectivity index (χ3v) is 4.89. The van der Waals surface area contributed by atoms with Gasteiger partial charge in [-0.2, -0.15) is 0 Å². The highest BCUT2D eigenvalue weighted by Gasteiger charge is 2.43. The van der Waals surface area contributed by atoms with Gasteiger partial charge in [0.05, 0.1) is 12.0 Å². The lowest BCUT2D eigenvalue weighted by atomic mass is 9.93. The highest BCUT2D eigenvalue weighted by atomic mass is 32.1. The molecule has 25 heavy (non-hydrogen) atoms. The summed E-state index contributed by atoms with van der Waals surface area (Å²) in [6, 6.07) is 5.44. The number of amides is 2. The summed E-state index contributed by atoms with van der Waals surface area (Å²) in [4.78, 5) is 26.3. The molecule has 1 aliphatic heterocycles. The Bertz CT molecular complexity index is 797. The van der Waals surface area contributed by atoms with Gasteiger partial charge < -0.3 is 15.0 Å². The first-order valence-corrected chi connectivity index (χ1v) is 8.44. The SMILES string of the molecule is COCc1nnc(NC(=O)[C@H]2CC(=O)N(C)[C@@H]2c2cccc(F)c2)s1. The van der Waals surface area contributed by atoms with Gasteiger partial charge in [0.15, 0.2) is 0 Å². The number of likely N-dealkylation sites (tertiary alicyclic amines) is 1. The first-order chi connectivity index (χ1) is 12.0. The molecule has 0 aliphatic carbocycles. The smallest absolute Gasteiger partial charge is 0.232 e. The third-order valence-electron chi connectivity index (χ3n) is 4.08. The molecule has 0 radical (unpaired) electrons. The average molecular weight is 364 g/mol. The van der Waals surface area contributed by atoms with Crippen LogP contribution in [0.25, 0.3) is 0 Å². The summed E-state index contributed by atoms with van der Waals surface area (Å²) < 4.78 is 18.5.